The molecule has 0 saturated carbocycles. The Bertz CT molecular complexity index is 1060. The van der Waals surface area contributed by atoms with Crippen LogP contribution in [0.25, 0.3) is 11.4 Å². The van der Waals surface area contributed by atoms with Crippen molar-refractivity contribution in [1.29, 1.82) is 0 Å². The van der Waals surface area contributed by atoms with Crippen molar-refractivity contribution in [3.8, 4) is 17.1 Å². The van der Waals surface area contributed by atoms with E-state index in [9.17, 15) is 4.39 Å². The summed E-state index contributed by atoms with van der Waals surface area (Å²) in [7, 11) is 0. The molecule has 0 radical (unpaired) electrons. The van der Waals surface area contributed by atoms with Gasteiger partial charge in [0.05, 0.1) is 6.54 Å². The van der Waals surface area contributed by atoms with Crippen LogP contribution in [0.4, 0.5) is 4.39 Å². The summed E-state index contributed by atoms with van der Waals surface area (Å²) in [6, 6.07) is 21.4. The molecule has 1 heterocycles. The van der Waals surface area contributed by atoms with Crippen LogP contribution in [-0.4, -0.2) is 20.2 Å². The first-order valence-electron chi connectivity index (χ1n) is 8.66. The lowest BCUT2D eigenvalue weighted by Gasteiger charge is -2.07. The van der Waals surface area contributed by atoms with Gasteiger partial charge in [-0.25, -0.2) is 4.39 Å². The lowest BCUT2D eigenvalue weighted by Crippen LogP contribution is -2.03. The summed E-state index contributed by atoms with van der Waals surface area (Å²) in [4.78, 5) is 1.53. The topological polar surface area (TPSA) is 52.8 Å². The second-order valence-electron chi connectivity index (χ2n) is 6.17. The normalized spacial score (nSPS) is 10.8. The summed E-state index contributed by atoms with van der Waals surface area (Å²) in [6.07, 6.45) is 0. The summed E-state index contributed by atoms with van der Waals surface area (Å²) in [5.41, 5.74) is 2.37. The molecule has 1 aromatic heterocycles. The summed E-state index contributed by atoms with van der Waals surface area (Å²) in [5.74, 6) is 0.885. The third-order valence-electron chi connectivity index (χ3n) is 4.15. The molecule has 0 amide bonds. The van der Waals surface area contributed by atoms with E-state index in [-0.39, 0.29) is 12.4 Å². The Morgan fingerprint density at radius 3 is 2.43 bits per heavy atom. The molecular weight excluding hydrogens is 379 g/mol. The van der Waals surface area contributed by atoms with Crippen LogP contribution in [0.5, 0.6) is 5.75 Å². The SMILES string of the molecule is Fc1ccccc1COc1ccc(-c2nnn(Cc3ccc(Cl)cc3)n2)cc1. The van der Waals surface area contributed by atoms with Gasteiger partial charge in [-0.05, 0) is 53.2 Å². The van der Waals surface area contributed by atoms with E-state index in [0.29, 0.717) is 28.7 Å². The molecule has 7 heteroatoms. The minimum Gasteiger partial charge on any atom is -0.489 e. The molecule has 0 unspecified atom stereocenters. The molecule has 0 fully saturated rings. The van der Waals surface area contributed by atoms with Crippen LogP contribution in [0.3, 0.4) is 0 Å². The van der Waals surface area contributed by atoms with Crippen molar-refractivity contribution in [3.05, 3.63) is 94.8 Å². The number of halogens is 2. The Labute approximate surface area is 166 Å². The van der Waals surface area contributed by atoms with Gasteiger partial charge in [-0.3, -0.25) is 0 Å². The molecule has 140 valence electrons. The fourth-order valence-electron chi connectivity index (χ4n) is 2.66. The molecular formula is C21H16ClFN4O. The highest BCUT2D eigenvalue weighted by molar-refractivity contribution is 6.30. The lowest BCUT2D eigenvalue weighted by atomic mass is 10.2. The fraction of sp³-hybridized carbons (Fsp3) is 0.0952. The van der Waals surface area contributed by atoms with Gasteiger partial charge in [-0.2, -0.15) is 4.80 Å². The maximum absolute atomic E-state index is 13.6. The zero-order valence-corrected chi connectivity index (χ0v) is 15.6. The van der Waals surface area contributed by atoms with Crippen molar-refractivity contribution >= 4 is 11.6 Å². The van der Waals surface area contributed by atoms with Crippen molar-refractivity contribution in [3.63, 3.8) is 0 Å². The van der Waals surface area contributed by atoms with E-state index in [4.69, 9.17) is 16.3 Å². The van der Waals surface area contributed by atoms with E-state index in [0.717, 1.165) is 11.1 Å². The van der Waals surface area contributed by atoms with Crippen molar-refractivity contribution in [1.82, 2.24) is 20.2 Å². The molecule has 4 rings (SSSR count). The predicted molar refractivity (Wildman–Crippen MR) is 105 cm³/mol. The summed E-state index contributed by atoms with van der Waals surface area (Å²) in [5, 5.41) is 13.3. The third-order valence-corrected chi connectivity index (χ3v) is 4.41. The highest BCUT2D eigenvalue weighted by atomic mass is 35.5. The first kappa shape index (κ1) is 18.1. The largest absolute Gasteiger partial charge is 0.489 e. The second kappa shape index (κ2) is 8.19. The van der Waals surface area contributed by atoms with Gasteiger partial charge in [0.2, 0.25) is 5.82 Å². The Morgan fingerprint density at radius 1 is 0.929 bits per heavy atom. The second-order valence-corrected chi connectivity index (χ2v) is 6.61. The zero-order chi connectivity index (χ0) is 19.3. The van der Waals surface area contributed by atoms with Crippen molar-refractivity contribution in [2.24, 2.45) is 0 Å². The first-order valence-corrected chi connectivity index (χ1v) is 9.04. The number of tetrazole rings is 1. The standard InChI is InChI=1S/C21H16ClFN4O/c22-18-9-5-15(6-10-18)13-27-25-21(24-26-27)16-7-11-19(12-8-16)28-14-17-3-1-2-4-20(17)23/h1-12H,13-14H2. The molecule has 28 heavy (non-hydrogen) atoms. The summed E-state index contributed by atoms with van der Waals surface area (Å²) in [6.45, 7) is 0.676. The molecule has 0 saturated heterocycles. The smallest absolute Gasteiger partial charge is 0.204 e. The van der Waals surface area contributed by atoms with Crippen molar-refractivity contribution in [2.45, 2.75) is 13.2 Å². The van der Waals surface area contributed by atoms with Crippen LogP contribution in [-0.2, 0) is 13.2 Å². The molecule has 0 aliphatic rings. The number of ether oxygens (including phenoxy) is 1. The molecule has 0 bridgehead atoms. The maximum atomic E-state index is 13.6. The van der Waals surface area contributed by atoms with Gasteiger partial charge in [0.1, 0.15) is 18.2 Å². The summed E-state index contributed by atoms with van der Waals surface area (Å²) >= 11 is 5.90. The number of hydrogen-bond donors (Lipinski definition) is 0. The Hall–Kier alpha value is -3.25. The average molecular weight is 395 g/mol. The molecule has 0 aliphatic heterocycles. The maximum Gasteiger partial charge on any atom is 0.204 e. The first-order chi connectivity index (χ1) is 13.7. The van der Waals surface area contributed by atoms with Gasteiger partial charge >= 0.3 is 0 Å². The van der Waals surface area contributed by atoms with E-state index in [1.807, 2.05) is 36.4 Å². The van der Waals surface area contributed by atoms with Gasteiger partial charge in [0, 0.05) is 16.1 Å². The Balaban J connectivity index is 1.40. The van der Waals surface area contributed by atoms with E-state index in [1.165, 1.54) is 10.9 Å². The average Bonchev–Trinajstić information content (AvgIpc) is 3.18. The third kappa shape index (κ3) is 4.35. The van der Waals surface area contributed by atoms with E-state index >= 15 is 0 Å². The van der Waals surface area contributed by atoms with Crippen LogP contribution in [0.2, 0.25) is 5.02 Å². The van der Waals surface area contributed by atoms with Gasteiger partial charge < -0.3 is 4.74 Å². The highest BCUT2D eigenvalue weighted by Crippen LogP contribution is 2.20. The summed E-state index contributed by atoms with van der Waals surface area (Å²) < 4.78 is 19.3. The van der Waals surface area contributed by atoms with Crippen LogP contribution in [0.15, 0.2) is 72.8 Å². The van der Waals surface area contributed by atoms with Crippen LogP contribution in [0.1, 0.15) is 11.1 Å². The number of hydrogen-bond acceptors (Lipinski definition) is 4. The molecule has 0 N–H and O–H groups in total. The Morgan fingerprint density at radius 2 is 1.68 bits per heavy atom. The predicted octanol–water partition coefficient (Wildman–Crippen LogP) is 4.76. The molecule has 4 aromatic rings. The number of benzene rings is 3. The monoisotopic (exact) mass is 394 g/mol. The van der Waals surface area contributed by atoms with Crippen LogP contribution in [0, 0.1) is 5.82 Å². The number of aromatic nitrogens is 4. The fourth-order valence-corrected chi connectivity index (χ4v) is 2.78. The number of rotatable bonds is 6. The van der Waals surface area contributed by atoms with Crippen molar-refractivity contribution in [2.75, 3.05) is 0 Å². The molecule has 0 atom stereocenters. The van der Waals surface area contributed by atoms with Gasteiger partial charge in [-0.1, -0.05) is 41.9 Å². The zero-order valence-electron chi connectivity index (χ0n) is 14.8. The Kier molecular flexibility index (Phi) is 5.30. The van der Waals surface area contributed by atoms with E-state index in [2.05, 4.69) is 15.4 Å². The quantitative estimate of drug-likeness (QED) is 0.473. The van der Waals surface area contributed by atoms with Crippen molar-refractivity contribution < 1.29 is 9.13 Å². The minimum absolute atomic E-state index is 0.168. The van der Waals surface area contributed by atoms with Gasteiger partial charge in [-0.15, -0.1) is 10.2 Å². The van der Waals surface area contributed by atoms with Crippen LogP contribution >= 0.6 is 11.6 Å². The van der Waals surface area contributed by atoms with Gasteiger partial charge in [0.15, 0.2) is 0 Å². The minimum atomic E-state index is -0.277. The molecule has 0 spiro atoms. The molecule has 0 aliphatic carbocycles. The highest BCUT2D eigenvalue weighted by Gasteiger charge is 2.08. The van der Waals surface area contributed by atoms with Gasteiger partial charge in [0.25, 0.3) is 0 Å². The molecule has 3 aromatic carbocycles. The molecule has 5 nitrogen and oxygen atoms in total. The van der Waals surface area contributed by atoms with E-state index in [1.54, 1.807) is 30.3 Å². The van der Waals surface area contributed by atoms with E-state index < -0.39 is 0 Å². The van der Waals surface area contributed by atoms with Crippen LogP contribution < -0.4 is 4.74 Å². The number of nitrogens with zero attached hydrogens (tertiary/aromatic N) is 4. The lowest BCUT2D eigenvalue weighted by molar-refractivity contribution is 0.300.